The van der Waals surface area contributed by atoms with Gasteiger partial charge in [-0.05, 0) is 26.7 Å². The molecule has 1 heterocycles. The summed E-state index contributed by atoms with van der Waals surface area (Å²) >= 11 is 0. The molecule has 5 heteroatoms. The molecule has 0 bridgehead atoms. The van der Waals surface area contributed by atoms with Crippen LogP contribution in [-0.4, -0.2) is 22.6 Å². The lowest BCUT2D eigenvalue weighted by molar-refractivity contribution is 0.742. The molecule has 1 aliphatic carbocycles. The van der Waals surface area contributed by atoms with Crippen LogP contribution in [0.2, 0.25) is 0 Å². The van der Waals surface area contributed by atoms with E-state index in [4.69, 9.17) is 10.8 Å². The average molecular weight is 249 g/mol. The molecular formula is C13H23N5. The highest BCUT2D eigenvalue weighted by molar-refractivity contribution is 5.59. The quantitative estimate of drug-likeness (QED) is 0.618. The van der Waals surface area contributed by atoms with Crippen molar-refractivity contribution < 1.29 is 0 Å². The van der Waals surface area contributed by atoms with E-state index in [1.54, 1.807) is 0 Å². The summed E-state index contributed by atoms with van der Waals surface area (Å²) in [5, 5.41) is 0. The Bertz CT molecular complexity index is 426. The van der Waals surface area contributed by atoms with Crippen LogP contribution in [0, 0.1) is 6.92 Å². The number of nitrogens with two attached hydrogens (primary N) is 1. The van der Waals surface area contributed by atoms with E-state index in [-0.39, 0.29) is 0 Å². The van der Waals surface area contributed by atoms with Crippen LogP contribution in [0.4, 0.5) is 11.6 Å². The Morgan fingerprint density at radius 2 is 2.06 bits per heavy atom. The van der Waals surface area contributed by atoms with Crippen molar-refractivity contribution in [1.82, 2.24) is 9.97 Å². The molecule has 0 aromatic carbocycles. The second kappa shape index (κ2) is 5.10. The van der Waals surface area contributed by atoms with E-state index < -0.39 is 0 Å². The number of rotatable bonds is 5. The summed E-state index contributed by atoms with van der Waals surface area (Å²) in [6.07, 6.45) is 2.53. The monoisotopic (exact) mass is 249 g/mol. The molecule has 0 saturated heterocycles. The molecule has 0 amide bonds. The smallest absolute Gasteiger partial charge is 0.148 e. The zero-order chi connectivity index (χ0) is 13.3. The van der Waals surface area contributed by atoms with Crippen molar-refractivity contribution >= 4 is 11.6 Å². The molecule has 1 aromatic rings. The maximum Gasteiger partial charge on any atom is 0.148 e. The van der Waals surface area contributed by atoms with Gasteiger partial charge in [-0.25, -0.2) is 15.8 Å². The lowest BCUT2D eigenvalue weighted by atomic mass is 10.2. The first-order valence-corrected chi connectivity index (χ1v) is 6.70. The third-order valence-electron chi connectivity index (χ3n) is 3.39. The lowest BCUT2D eigenvalue weighted by Gasteiger charge is -2.25. The van der Waals surface area contributed by atoms with Crippen molar-refractivity contribution in [2.24, 2.45) is 5.84 Å². The standard InChI is InChI=1S/C13H23N5/c1-5-18(10-6-7-10)13-9(4)12(17-14)15-11(16-13)8(2)3/h8,10H,5-7,14H2,1-4H3,(H,15,16,17). The Balaban J connectivity index is 2.46. The molecular weight excluding hydrogens is 226 g/mol. The Hall–Kier alpha value is -1.36. The van der Waals surface area contributed by atoms with Gasteiger partial charge in [0, 0.05) is 24.1 Å². The van der Waals surface area contributed by atoms with E-state index in [0.717, 1.165) is 29.6 Å². The zero-order valence-electron chi connectivity index (χ0n) is 11.7. The molecule has 0 unspecified atom stereocenters. The number of nitrogens with zero attached hydrogens (tertiary/aromatic N) is 3. The maximum absolute atomic E-state index is 5.56. The number of nitrogens with one attached hydrogen (secondary N) is 1. The highest BCUT2D eigenvalue weighted by Crippen LogP contribution is 2.34. The summed E-state index contributed by atoms with van der Waals surface area (Å²) in [7, 11) is 0. The van der Waals surface area contributed by atoms with E-state index in [2.05, 4.69) is 36.1 Å². The van der Waals surface area contributed by atoms with Crippen LogP contribution < -0.4 is 16.2 Å². The summed E-state index contributed by atoms with van der Waals surface area (Å²) in [5.41, 5.74) is 3.73. The second-order valence-electron chi connectivity index (χ2n) is 5.20. The van der Waals surface area contributed by atoms with Crippen LogP contribution in [0.3, 0.4) is 0 Å². The summed E-state index contributed by atoms with van der Waals surface area (Å²) in [4.78, 5) is 11.6. The molecule has 0 aliphatic heterocycles. The van der Waals surface area contributed by atoms with Crippen LogP contribution in [0.25, 0.3) is 0 Å². The van der Waals surface area contributed by atoms with Crippen LogP contribution in [0.15, 0.2) is 0 Å². The zero-order valence-corrected chi connectivity index (χ0v) is 11.7. The summed E-state index contributed by atoms with van der Waals surface area (Å²) in [6.45, 7) is 9.37. The van der Waals surface area contributed by atoms with Gasteiger partial charge in [0.1, 0.15) is 17.5 Å². The molecule has 0 radical (unpaired) electrons. The molecule has 100 valence electrons. The Morgan fingerprint density at radius 3 is 2.50 bits per heavy atom. The van der Waals surface area contributed by atoms with Crippen LogP contribution in [0.5, 0.6) is 0 Å². The predicted molar refractivity (Wildman–Crippen MR) is 74.7 cm³/mol. The number of hydrogen-bond acceptors (Lipinski definition) is 5. The van der Waals surface area contributed by atoms with Crippen molar-refractivity contribution in [2.45, 2.75) is 52.5 Å². The van der Waals surface area contributed by atoms with Crippen molar-refractivity contribution in [3.63, 3.8) is 0 Å². The van der Waals surface area contributed by atoms with Gasteiger partial charge < -0.3 is 10.3 Å². The van der Waals surface area contributed by atoms with Gasteiger partial charge >= 0.3 is 0 Å². The van der Waals surface area contributed by atoms with Crippen molar-refractivity contribution in [3.8, 4) is 0 Å². The van der Waals surface area contributed by atoms with E-state index in [1.807, 2.05) is 6.92 Å². The fourth-order valence-electron chi connectivity index (χ4n) is 2.17. The Labute approximate surface area is 109 Å². The minimum atomic E-state index is 0.300. The van der Waals surface area contributed by atoms with Gasteiger partial charge in [0.15, 0.2) is 0 Å². The summed E-state index contributed by atoms with van der Waals surface area (Å²) in [6, 6.07) is 0.647. The van der Waals surface area contributed by atoms with Gasteiger partial charge in [-0.2, -0.15) is 0 Å². The number of aromatic nitrogens is 2. The first-order valence-electron chi connectivity index (χ1n) is 6.70. The Morgan fingerprint density at radius 1 is 1.39 bits per heavy atom. The topological polar surface area (TPSA) is 67.1 Å². The molecule has 2 rings (SSSR count). The second-order valence-corrected chi connectivity index (χ2v) is 5.20. The first-order chi connectivity index (χ1) is 8.58. The minimum Gasteiger partial charge on any atom is -0.354 e. The molecule has 1 fully saturated rings. The van der Waals surface area contributed by atoms with Gasteiger partial charge in [0.05, 0.1) is 0 Å². The fourth-order valence-corrected chi connectivity index (χ4v) is 2.17. The molecule has 1 saturated carbocycles. The molecule has 1 aliphatic rings. The van der Waals surface area contributed by atoms with Gasteiger partial charge in [0.25, 0.3) is 0 Å². The van der Waals surface area contributed by atoms with Crippen molar-refractivity contribution in [3.05, 3.63) is 11.4 Å². The number of anilines is 2. The molecule has 18 heavy (non-hydrogen) atoms. The van der Waals surface area contributed by atoms with E-state index in [1.165, 1.54) is 12.8 Å². The van der Waals surface area contributed by atoms with Crippen molar-refractivity contribution in [2.75, 3.05) is 16.9 Å². The summed E-state index contributed by atoms with van der Waals surface area (Å²) < 4.78 is 0. The van der Waals surface area contributed by atoms with Gasteiger partial charge in [-0.3, -0.25) is 0 Å². The largest absolute Gasteiger partial charge is 0.354 e. The van der Waals surface area contributed by atoms with E-state index >= 15 is 0 Å². The third-order valence-corrected chi connectivity index (χ3v) is 3.39. The third kappa shape index (κ3) is 2.41. The van der Waals surface area contributed by atoms with Crippen LogP contribution in [0.1, 0.15) is 50.9 Å². The lowest BCUT2D eigenvalue weighted by Crippen LogP contribution is -2.28. The van der Waals surface area contributed by atoms with Crippen molar-refractivity contribution in [1.29, 1.82) is 0 Å². The number of nitrogen functional groups attached to an aromatic ring is 1. The highest BCUT2D eigenvalue weighted by Gasteiger charge is 2.30. The SMILES string of the molecule is CCN(c1nc(C(C)C)nc(NN)c1C)C1CC1. The average Bonchev–Trinajstić information content (AvgIpc) is 3.16. The van der Waals surface area contributed by atoms with Gasteiger partial charge in [-0.15, -0.1) is 0 Å². The predicted octanol–water partition coefficient (Wildman–Crippen LogP) is 2.18. The molecule has 3 N–H and O–H groups in total. The molecule has 5 nitrogen and oxygen atoms in total. The van der Waals surface area contributed by atoms with E-state index in [9.17, 15) is 0 Å². The molecule has 0 atom stereocenters. The van der Waals surface area contributed by atoms with Gasteiger partial charge in [-0.1, -0.05) is 13.8 Å². The maximum atomic E-state index is 5.56. The van der Waals surface area contributed by atoms with Crippen LogP contribution >= 0.6 is 0 Å². The fraction of sp³-hybridized carbons (Fsp3) is 0.692. The first kappa shape index (κ1) is 13.1. The van der Waals surface area contributed by atoms with E-state index in [0.29, 0.717) is 12.0 Å². The minimum absolute atomic E-state index is 0.300. The molecule has 0 spiro atoms. The number of hydrogen-bond donors (Lipinski definition) is 2. The Kier molecular flexibility index (Phi) is 3.71. The van der Waals surface area contributed by atoms with Crippen LogP contribution in [-0.2, 0) is 0 Å². The highest BCUT2D eigenvalue weighted by atomic mass is 15.3. The molecule has 1 aromatic heterocycles. The summed E-state index contributed by atoms with van der Waals surface area (Å²) in [5.74, 6) is 8.49. The van der Waals surface area contributed by atoms with Gasteiger partial charge in [0.2, 0.25) is 0 Å². The number of hydrazine groups is 1. The normalized spacial score (nSPS) is 15.0.